The van der Waals surface area contributed by atoms with E-state index >= 15 is 0 Å². The van der Waals surface area contributed by atoms with E-state index in [-0.39, 0.29) is 23.8 Å². The van der Waals surface area contributed by atoms with Gasteiger partial charge in [-0.25, -0.2) is 4.79 Å². The number of carbonyl (C=O) groups excluding carboxylic acids is 2. The van der Waals surface area contributed by atoms with E-state index in [9.17, 15) is 9.59 Å². The number of Topliss-reactive ketones (excluding diaryl/α,β-unsaturated/α-hetero) is 1. The van der Waals surface area contributed by atoms with Gasteiger partial charge in [0.25, 0.3) is 0 Å². The zero-order valence-corrected chi connectivity index (χ0v) is 12.9. The molecule has 1 aromatic carbocycles. The molecule has 116 valence electrons. The minimum Gasteiger partial charge on any atom is -0.462 e. The van der Waals surface area contributed by atoms with E-state index < -0.39 is 11.9 Å². The molecule has 2 rings (SSSR count). The molecule has 1 aliphatic heterocycles. The predicted octanol–water partition coefficient (Wildman–Crippen LogP) is 2.40. The Balaban J connectivity index is 2.62. The summed E-state index contributed by atoms with van der Waals surface area (Å²) in [6, 6.07) is 9.25. The third-order valence-electron chi connectivity index (χ3n) is 3.49. The second-order valence-corrected chi connectivity index (χ2v) is 4.97. The van der Waals surface area contributed by atoms with Crippen LogP contribution in [-0.2, 0) is 19.1 Å². The van der Waals surface area contributed by atoms with E-state index in [1.165, 1.54) is 6.92 Å². The summed E-state index contributed by atoms with van der Waals surface area (Å²) in [4.78, 5) is 24.4. The fourth-order valence-electron chi connectivity index (χ4n) is 2.62. The number of benzene rings is 1. The summed E-state index contributed by atoms with van der Waals surface area (Å²) in [7, 11) is 0. The first-order chi connectivity index (χ1) is 10.5. The Morgan fingerprint density at radius 1 is 1.23 bits per heavy atom. The molecule has 0 radical (unpaired) electrons. The first-order valence-electron chi connectivity index (χ1n) is 7.08. The second kappa shape index (κ2) is 6.47. The van der Waals surface area contributed by atoms with Gasteiger partial charge in [-0.15, -0.1) is 0 Å². The number of esters is 1. The average molecular weight is 301 g/mol. The minimum absolute atomic E-state index is 0.0187. The molecule has 1 aromatic rings. The van der Waals surface area contributed by atoms with Crippen molar-refractivity contribution in [2.45, 2.75) is 26.7 Å². The van der Waals surface area contributed by atoms with Crippen molar-refractivity contribution in [2.24, 2.45) is 5.73 Å². The molecule has 1 aliphatic rings. The standard InChI is InChI=1S/C17H19NO4/c1-4-21-17(20)15-14(12-8-6-5-7-9-12)13(10(2)19)11(3)22-16(15)18/h5-9,14H,4,18H2,1-3H3/t14-/m1/s1. The summed E-state index contributed by atoms with van der Waals surface area (Å²) in [5.41, 5.74) is 7.28. The van der Waals surface area contributed by atoms with Crippen LogP contribution >= 0.6 is 0 Å². The minimum atomic E-state index is -0.577. The summed E-state index contributed by atoms with van der Waals surface area (Å²) in [6.07, 6.45) is 0. The molecule has 0 aliphatic carbocycles. The second-order valence-electron chi connectivity index (χ2n) is 4.97. The lowest BCUT2D eigenvalue weighted by Gasteiger charge is -2.28. The highest BCUT2D eigenvalue weighted by Gasteiger charge is 2.37. The van der Waals surface area contributed by atoms with Crippen LogP contribution in [0.4, 0.5) is 0 Å². The number of hydrogen-bond donors (Lipinski definition) is 1. The number of carbonyl (C=O) groups is 2. The maximum Gasteiger partial charge on any atom is 0.340 e. The summed E-state index contributed by atoms with van der Waals surface area (Å²) in [5.74, 6) is -0.922. The average Bonchev–Trinajstić information content (AvgIpc) is 2.47. The molecule has 0 bridgehead atoms. The van der Waals surface area contributed by atoms with Crippen molar-refractivity contribution in [3.8, 4) is 0 Å². The van der Waals surface area contributed by atoms with E-state index in [4.69, 9.17) is 15.2 Å². The number of ether oxygens (including phenoxy) is 2. The van der Waals surface area contributed by atoms with Crippen molar-refractivity contribution in [3.63, 3.8) is 0 Å². The number of allylic oxidation sites excluding steroid dienone is 2. The Bertz CT molecular complexity index is 658. The summed E-state index contributed by atoms with van der Waals surface area (Å²) >= 11 is 0. The molecule has 0 unspecified atom stereocenters. The summed E-state index contributed by atoms with van der Waals surface area (Å²) in [5, 5.41) is 0. The molecule has 0 amide bonds. The maximum absolute atomic E-state index is 12.3. The maximum atomic E-state index is 12.3. The molecular weight excluding hydrogens is 282 g/mol. The molecule has 0 saturated heterocycles. The van der Waals surface area contributed by atoms with Gasteiger partial charge < -0.3 is 15.2 Å². The molecule has 0 saturated carbocycles. The fraction of sp³-hybridized carbons (Fsp3) is 0.294. The zero-order chi connectivity index (χ0) is 16.3. The molecule has 2 N–H and O–H groups in total. The largest absolute Gasteiger partial charge is 0.462 e. The van der Waals surface area contributed by atoms with Crippen molar-refractivity contribution >= 4 is 11.8 Å². The van der Waals surface area contributed by atoms with Crippen molar-refractivity contribution in [2.75, 3.05) is 6.61 Å². The highest BCUT2D eigenvalue weighted by Crippen LogP contribution is 2.40. The third-order valence-corrected chi connectivity index (χ3v) is 3.49. The first-order valence-corrected chi connectivity index (χ1v) is 7.08. The lowest BCUT2D eigenvalue weighted by atomic mass is 9.81. The molecular formula is C17H19NO4. The van der Waals surface area contributed by atoms with Gasteiger partial charge in [-0.1, -0.05) is 30.3 Å². The van der Waals surface area contributed by atoms with E-state index in [2.05, 4.69) is 0 Å². The Kier molecular flexibility index (Phi) is 4.65. The normalized spacial score (nSPS) is 18.0. The number of nitrogens with two attached hydrogens (primary N) is 1. The summed E-state index contributed by atoms with van der Waals surface area (Å²) < 4.78 is 10.5. The highest BCUT2D eigenvalue weighted by molar-refractivity contribution is 6.01. The Hall–Kier alpha value is -2.56. The molecule has 1 atom stereocenters. The van der Waals surface area contributed by atoms with E-state index in [1.54, 1.807) is 13.8 Å². The number of ketones is 1. The van der Waals surface area contributed by atoms with Gasteiger partial charge in [-0.05, 0) is 26.3 Å². The van der Waals surface area contributed by atoms with Crippen molar-refractivity contribution < 1.29 is 19.1 Å². The van der Waals surface area contributed by atoms with Crippen LogP contribution in [0.3, 0.4) is 0 Å². The molecule has 0 spiro atoms. The monoisotopic (exact) mass is 301 g/mol. The van der Waals surface area contributed by atoms with Crippen molar-refractivity contribution in [3.05, 3.63) is 58.7 Å². The van der Waals surface area contributed by atoms with Gasteiger partial charge in [0.2, 0.25) is 5.88 Å². The zero-order valence-electron chi connectivity index (χ0n) is 12.9. The quantitative estimate of drug-likeness (QED) is 0.864. The lowest BCUT2D eigenvalue weighted by molar-refractivity contribution is -0.139. The van der Waals surface area contributed by atoms with Crippen LogP contribution in [0, 0.1) is 0 Å². The SMILES string of the molecule is CCOC(=O)C1=C(N)OC(C)=C(C(C)=O)[C@H]1c1ccccc1. The number of rotatable bonds is 4. The van der Waals surface area contributed by atoms with E-state index in [1.807, 2.05) is 30.3 Å². The van der Waals surface area contributed by atoms with Crippen molar-refractivity contribution in [1.29, 1.82) is 0 Å². The van der Waals surface area contributed by atoms with Gasteiger partial charge in [0, 0.05) is 5.57 Å². The highest BCUT2D eigenvalue weighted by atomic mass is 16.5. The predicted molar refractivity (Wildman–Crippen MR) is 81.5 cm³/mol. The number of hydrogen-bond acceptors (Lipinski definition) is 5. The van der Waals surface area contributed by atoms with Gasteiger partial charge >= 0.3 is 5.97 Å². The Labute approximate surface area is 129 Å². The molecule has 5 heteroatoms. The topological polar surface area (TPSA) is 78.6 Å². The van der Waals surface area contributed by atoms with Crippen LogP contribution in [0.5, 0.6) is 0 Å². The van der Waals surface area contributed by atoms with Crippen LogP contribution in [-0.4, -0.2) is 18.4 Å². The van der Waals surface area contributed by atoms with Gasteiger partial charge in [-0.2, -0.15) is 0 Å². The van der Waals surface area contributed by atoms with E-state index in [0.717, 1.165) is 5.56 Å². The Morgan fingerprint density at radius 2 is 1.86 bits per heavy atom. The van der Waals surface area contributed by atoms with Crippen LogP contribution in [0.25, 0.3) is 0 Å². The molecule has 5 nitrogen and oxygen atoms in total. The third kappa shape index (κ3) is 2.88. The summed E-state index contributed by atoms with van der Waals surface area (Å²) in [6.45, 7) is 5.04. The van der Waals surface area contributed by atoms with Gasteiger partial charge in [0.05, 0.1) is 12.5 Å². The lowest BCUT2D eigenvalue weighted by Crippen LogP contribution is -2.28. The fourth-order valence-corrected chi connectivity index (χ4v) is 2.62. The van der Waals surface area contributed by atoms with Crippen LogP contribution in [0.1, 0.15) is 32.3 Å². The molecule has 1 heterocycles. The Morgan fingerprint density at radius 3 is 2.41 bits per heavy atom. The van der Waals surface area contributed by atoms with Gasteiger partial charge in [-0.3, -0.25) is 4.79 Å². The first kappa shape index (κ1) is 15.8. The smallest absolute Gasteiger partial charge is 0.340 e. The van der Waals surface area contributed by atoms with Crippen LogP contribution < -0.4 is 5.73 Å². The molecule has 22 heavy (non-hydrogen) atoms. The van der Waals surface area contributed by atoms with Crippen LogP contribution in [0.2, 0.25) is 0 Å². The van der Waals surface area contributed by atoms with Gasteiger partial charge in [0.1, 0.15) is 11.3 Å². The molecule has 0 fully saturated rings. The molecule has 0 aromatic heterocycles. The van der Waals surface area contributed by atoms with Crippen LogP contribution in [0.15, 0.2) is 53.1 Å². The van der Waals surface area contributed by atoms with Gasteiger partial charge in [0.15, 0.2) is 5.78 Å². The van der Waals surface area contributed by atoms with Crippen molar-refractivity contribution in [1.82, 2.24) is 0 Å². The van der Waals surface area contributed by atoms with E-state index in [0.29, 0.717) is 11.3 Å².